The van der Waals surface area contributed by atoms with Crippen LogP contribution in [0.1, 0.15) is 35.8 Å². The smallest absolute Gasteiger partial charge is 0.337 e. The van der Waals surface area contributed by atoms with Gasteiger partial charge in [-0.05, 0) is 12.0 Å². The molecule has 0 aliphatic heterocycles. The predicted molar refractivity (Wildman–Crippen MR) is 43.1 cm³/mol. The Bertz CT molecular complexity index is 297. The highest BCUT2D eigenvalue weighted by molar-refractivity contribution is 5.88. The Morgan fingerprint density at radius 2 is 2.25 bits per heavy atom. The van der Waals surface area contributed by atoms with Gasteiger partial charge in [0.25, 0.3) is 0 Å². The van der Waals surface area contributed by atoms with Gasteiger partial charge in [-0.3, -0.25) is 0 Å². The van der Waals surface area contributed by atoms with Crippen LogP contribution in [0.15, 0.2) is 12.3 Å². The molecule has 0 atom stereocenters. The van der Waals surface area contributed by atoms with E-state index in [0.29, 0.717) is 5.69 Å². The second kappa shape index (κ2) is 3.30. The zero-order valence-electron chi connectivity index (χ0n) is 6.98. The average molecular weight is 166 g/mol. The topological polar surface area (TPSA) is 63.1 Å². The highest BCUT2D eigenvalue weighted by atomic mass is 16.4. The third-order valence-electron chi connectivity index (χ3n) is 1.53. The van der Waals surface area contributed by atoms with Gasteiger partial charge in [-0.15, -0.1) is 0 Å². The molecule has 1 rings (SSSR count). The third kappa shape index (κ3) is 1.58. The first-order chi connectivity index (χ1) is 5.63. The molecule has 4 heteroatoms. The van der Waals surface area contributed by atoms with Crippen LogP contribution < -0.4 is 0 Å². The van der Waals surface area contributed by atoms with E-state index in [4.69, 9.17) is 5.11 Å². The van der Waals surface area contributed by atoms with E-state index in [1.807, 2.05) is 13.8 Å². The number of carboxylic acids is 1. The Hall–Kier alpha value is -1.45. The van der Waals surface area contributed by atoms with E-state index in [1.54, 1.807) is 0 Å². The van der Waals surface area contributed by atoms with Crippen LogP contribution in [-0.2, 0) is 0 Å². The van der Waals surface area contributed by atoms with E-state index < -0.39 is 5.97 Å². The summed E-state index contributed by atoms with van der Waals surface area (Å²) < 4.78 is 0. The standard InChI is InChI=1S/C8H10N2O2/c1-5(2)7-6(8(11)12)3-4-9-10-7/h3-5H,1-2H3,(H,11,12). The molecule has 1 aromatic rings. The first-order valence-corrected chi connectivity index (χ1v) is 3.67. The maximum Gasteiger partial charge on any atom is 0.337 e. The molecule has 12 heavy (non-hydrogen) atoms. The van der Waals surface area contributed by atoms with Crippen molar-refractivity contribution < 1.29 is 9.90 Å². The summed E-state index contributed by atoms with van der Waals surface area (Å²) in [6.45, 7) is 3.77. The molecule has 0 fully saturated rings. The molecule has 0 aromatic carbocycles. The second-order valence-electron chi connectivity index (χ2n) is 2.79. The Balaban J connectivity index is 3.17. The van der Waals surface area contributed by atoms with Crippen molar-refractivity contribution in [3.05, 3.63) is 23.5 Å². The summed E-state index contributed by atoms with van der Waals surface area (Å²) in [7, 11) is 0. The van der Waals surface area contributed by atoms with Gasteiger partial charge < -0.3 is 5.11 Å². The normalized spacial score (nSPS) is 10.2. The van der Waals surface area contributed by atoms with Crippen molar-refractivity contribution in [2.45, 2.75) is 19.8 Å². The molecule has 0 saturated heterocycles. The minimum Gasteiger partial charge on any atom is -0.478 e. The molecule has 0 radical (unpaired) electrons. The summed E-state index contributed by atoms with van der Waals surface area (Å²) in [5.74, 6) is -0.863. The molecule has 1 heterocycles. The number of carbonyl (C=O) groups is 1. The summed E-state index contributed by atoms with van der Waals surface area (Å²) in [6.07, 6.45) is 1.38. The van der Waals surface area contributed by atoms with Crippen molar-refractivity contribution in [1.29, 1.82) is 0 Å². The summed E-state index contributed by atoms with van der Waals surface area (Å²) in [5, 5.41) is 16.2. The third-order valence-corrected chi connectivity index (χ3v) is 1.53. The summed E-state index contributed by atoms with van der Waals surface area (Å²) in [6, 6.07) is 1.46. The highest BCUT2D eigenvalue weighted by Gasteiger charge is 2.13. The van der Waals surface area contributed by atoms with Crippen LogP contribution in [-0.4, -0.2) is 21.3 Å². The van der Waals surface area contributed by atoms with Crippen molar-refractivity contribution in [2.75, 3.05) is 0 Å². The number of aromatic carboxylic acids is 1. The van der Waals surface area contributed by atoms with E-state index in [9.17, 15) is 4.79 Å². The molecule has 1 N–H and O–H groups in total. The molecule has 0 saturated carbocycles. The Labute approximate surface area is 70.3 Å². The molecule has 0 spiro atoms. The van der Waals surface area contributed by atoms with E-state index in [1.165, 1.54) is 12.3 Å². The molecule has 4 nitrogen and oxygen atoms in total. The lowest BCUT2D eigenvalue weighted by Crippen LogP contribution is -2.06. The van der Waals surface area contributed by atoms with E-state index in [0.717, 1.165) is 0 Å². The molecule has 0 aliphatic rings. The Kier molecular flexibility index (Phi) is 2.38. The van der Waals surface area contributed by atoms with E-state index in [-0.39, 0.29) is 11.5 Å². The first kappa shape index (κ1) is 8.64. The maximum absolute atomic E-state index is 10.7. The van der Waals surface area contributed by atoms with Crippen LogP contribution in [0, 0.1) is 0 Å². The number of hydrogen-bond acceptors (Lipinski definition) is 3. The van der Waals surface area contributed by atoms with Crippen molar-refractivity contribution in [2.24, 2.45) is 0 Å². The molecule has 0 unspecified atom stereocenters. The fourth-order valence-corrected chi connectivity index (χ4v) is 0.950. The molecular formula is C8H10N2O2. The van der Waals surface area contributed by atoms with Crippen LogP contribution >= 0.6 is 0 Å². The summed E-state index contributed by atoms with van der Waals surface area (Å²) >= 11 is 0. The number of hydrogen-bond donors (Lipinski definition) is 1. The zero-order valence-corrected chi connectivity index (χ0v) is 6.98. The van der Waals surface area contributed by atoms with E-state index in [2.05, 4.69) is 10.2 Å². The number of nitrogens with zero attached hydrogens (tertiary/aromatic N) is 2. The van der Waals surface area contributed by atoms with Gasteiger partial charge in [0.05, 0.1) is 17.5 Å². The minimum atomic E-state index is -0.950. The molecule has 0 amide bonds. The maximum atomic E-state index is 10.7. The molecule has 1 aromatic heterocycles. The van der Waals surface area contributed by atoms with Crippen LogP contribution in [0.2, 0.25) is 0 Å². The number of carboxylic acid groups (broad SMARTS) is 1. The van der Waals surface area contributed by atoms with Crippen LogP contribution in [0.5, 0.6) is 0 Å². The first-order valence-electron chi connectivity index (χ1n) is 3.67. The van der Waals surface area contributed by atoms with Gasteiger partial charge in [0, 0.05) is 0 Å². The largest absolute Gasteiger partial charge is 0.478 e. The monoisotopic (exact) mass is 166 g/mol. The highest BCUT2D eigenvalue weighted by Crippen LogP contribution is 2.14. The van der Waals surface area contributed by atoms with Gasteiger partial charge in [0.15, 0.2) is 0 Å². The average Bonchev–Trinajstić information content (AvgIpc) is 2.04. The van der Waals surface area contributed by atoms with Crippen molar-refractivity contribution in [3.8, 4) is 0 Å². The van der Waals surface area contributed by atoms with Crippen molar-refractivity contribution >= 4 is 5.97 Å². The second-order valence-corrected chi connectivity index (χ2v) is 2.79. The van der Waals surface area contributed by atoms with Crippen LogP contribution in [0.4, 0.5) is 0 Å². The fourth-order valence-electron chi connectivity index (χ4n) is 0.950. The fraction of sp³-hybridized carbons (Fsp3) is 0.375. The number of rotatable bonds is 2. The zero-order chi connectivity index (χ0) is 9.14. The Morgan fingerprint density at radius 1 is 1.58 bits per heavy atom. The van der Waals surface area contributed by atoms with Crippen molar-refractivity contribution in [3.63, 3.8) is 0 Å². The predicted octanol–water partition coefficient (Wildman–Crippen LogP) is 1.30. The summed E-state index contributed by atoms with van der Waals surface area (Å²) in [5.41, 5.74) is 0.769. The van der Waals surface area contributed by atoms with Gasteiger partial charge in [-0.2, -0.15) is 10.2 Å². The lowest BCUT2D eigenvalue weighted by molar-refractivity contribution is 0.0694. The molecule has 0 aliphatic carbocycles. The molecular weight excluding hydrogens is 156 g/mol. The van der Waals surface area contributed by atoms with Gasteiger partial charge in [-0.1, -0.05) is 13.8 Å². The molecule has 64 valence electrons. The van der Waals surface area contributed by atoms with Gasteiger partial charge in [-0.25, -0.2) is 4.79 Å². The number of aromatic nitrogens is 2. The van der Waals surface area contributed by atoms with Gasteiger partial charge in [0.1, 0.15) is 0 Å². The minimum absolute atomic E-state index is 0.0878. The van der Waals surface area contributed by atoms with Crippen molar-refractivity contribution in [1.82, 2.24) is 10.2 Å². The molecule has 0 bridgehead atoms. The van der Waals surface area contributed by atoms with Gasteiger partial charge >= 0.3 is 5.97 Å². The lowest BCUT2D eigenvalue weighted by Gasteiger charge is -2.05. The van der Waals surface area contributed by atoms with Gasteiger partial charge in [0.2, 0.25) is 0 Å². The SMILES string of the molecule is CC(C)c1nnccc1C(=O)O. The quantitative estimate of drug-likeness (QED) is 0.719. The Morgan fingerprint density at radius 3 is 2.67 bits per heavy atom. The van der Waals surface area contributed by atoms with Crippen LogP contribution in [0.25, 0.3) is 0 Å². The summed E-state index contributed by atoms with van der Waals surface area (Å²) in [4.78, 5) is 10.7. The van der Waals surface area contributed by atoms with E-state index >= 15 is 0 Å². The van der Waals surface area contributed by atoms with Crippen LogP contribution in [0.3, 0.4) is 0 Å². The lowest BCUT2D eigenvalue weighted by atomic mass is 10.1.